The molecule has 2 aromatic carbocycles. The Labute approximate surface area is 169 Å². The fraction of sp³-hybridized carbons (Fsp3) is 0.150. The Hall–Kier alpha value is -3.07. The van der Waals surface area contributed by atoms with E-state index in [1.54, 1.807) is 19.2 Å². The molecule has 0 fully saturated rings. The number of halogens is 3. The van der Waals surface area contributed by atoms with Crippen LogP contribution in [0.2, 0.25) is 0 Å². The minimum atomic E-state index is -4.41. The highest BCUT2D eigenvalue weighted by Crippen LogP contribution is 2.30. The fourth-order valence-corrected chi connectivity index (χ4v) is 3.03. The van der Waals surface area contributed by atoms with Crippen molar-refractivity contribution in [3.63, 3.8) is 0 Å². The second kappa shape index (κ2) is 8.95. The summed E-state index contributed by atoms with van der Waals surface area (Å²) in [6.45, 7) is 0. The third-order valence-electron chi connectivity index (χ3n) is 3.85. The summed E-state index contributed by atoms with van der Waals surface area (Å²) < 4.78 is 42.9. The molecule has 1 N–H and O–H groups in total. The number of rotatable bonds is 6. The fourth-order valence-electron chi connectivity index (χ4n) is 2.41. The summed E-state index contributed by atoms with van der Waals surface area (Å²) >= 11 is 1.18. The van der Waals surface area contributed by atoms with Gasteiger partial charge in [0.25, 0.3) is 0 Å². The minimum Gasteiger partial charge on any atom is -0.497 e. The molecule has 0 aliphatic rings. The van der Waals surface area contributed by atoms with Crippen molar-refractivity contribution in [1.82, 2.24) is 10.2 Å². The van der Waals surface area contributed by atoms with Gasteiger partial charge in [-0.3, -0.25) is 4.79 Å². The summed E-state index contributed by atoms with van der Waals surface area (Å²) in [6.07, 6.45) is -4.41. The molecular formula is C20H16F3N3O2S. The minimum absolute atomic E-state index is 0.0498. The molecule has 3 aromatic rings. The monoisotopic (exact) mass is 419 g/mol. The zero-order valence-corrected chi connectivity index (χ0v) is 16.1. The normalized spacial score (nSPS) is 11.2. The van der Waals surface area contributed by atoms with E-state index in [0.29, 0.717) is 22.2 Å². The van der Waals surface area contributed by atoms with Gasteiger partial charge in [-0.1, -0.05) is 23.9 Å². The summed E-state index contributed by atoms with van der Waals surface area (Å²) in [4.78, 5) is 12.0. The first kappa shape index (κ1) is 20.7. The molecule has 0 radical (unpaired) electrons. The highest BCUT2D eigenvalue weighted by molar-refractivity contribution is 7.99. The smallest absolute Gasteiger partial charge is 0.416 e. The van der Waals surface area contributed by atoms with E-state index in [1.165, 1.54) is 23.9 Å². The SMILES string of the molecule is COc1cccc(-c2ccc(SCC(=O)Nc3ccc(C(F)(F)F)cc3)nn2)c1. The van der Waals surface area contributed by atoms with Gasteiger partial charge in [0.2, 0.25) is 5.91 Å². The first-order valence-electron chi connectivity index (χ1n) is 8.43. The van der Waals surface area contributed by atoms with Crippen LogP contribution in [0.3, 0.4) is 0 Å². The van der Waals surface area contributed by atoms with Crippen LogP contribution in [0.1, 0.15) is 5.56 Å². The van der Waals surface area contributed by atoms with Crippen LogP contribution >= 0.6 is 11.8 Å². The summed E-state index contributed by atoms with van der Waals surface area (Å²) in [5.41, 5.74) is 1.05. The van der Waals surface area contributed by atoms with Gasteiger partial charge >= 0.3 is 6.18 Å². The van der Waals surface area contributed by atoms with Crippen molar-refractivity contribution < 1.29 is 22.7 Å². The lowest BCUT2D eigenvalue weighted by atomic mass is 10.1. The molecule has 1 heterocycles. The number of thioether (sulfide) groups is 1. The van der Waals surface area contributed by atoms with E-state index < -0.39 is 11.7 Å². The molecule has 0 saturated heterocycles. The highest BCUT2D eigenvalue weighted by atomic mass is 32.2. The van der Waals surface area contributed by atoms with Gasteiger partial charge in [-0.25, -0.2) is 0 Å². The third-order valence-corrected chi connectivity index (χ3v) is 4.77. The Balaban J connectivity index is 1.55. The molecule has 0 bridgehead atoms. The Morgan fingerprint density at radius 1 is 1.07 bits per heavy atom. The molecule has 0 aliphatic carbocycles. The standard InChI is InChI=1S/C20H16F3N3O2S/c1-28-16-4-2-3-13(11-16)17-9-10-19(26-25-17)29-12-18(27)24-15-7-5-14(6-8-15)20(21,22)23/h2-11H,12H2,1H3,(H,24,27). The van der Waals surface area contributed by atoms with Crippen LogP contribution in [0, 0.1) is 0 Å². The maximum Gasteiger partial charge on any atom is 0.416 e. The quantitative estimate of drug-likeness (QED) is 0.576. The molecule has 0 saturated carbocycles. The molecule has 29 heavy (non-hydrogen) atoms. The number of carbonyl (C=O) groups is 1. The van der Waals surface area contributed by atoms with Crippen LogP contribution in [0.4, 0.5) is 18.9 Å². The second-order valence-corrected chi connectivity index (χ2v) is 6.90. The molecule has 3 rings (SSSR count). The van der Waals surface area contributed by atoms with Crippen LogP contribution in [-0.2, 0) is 11.0 Å². The Kier molecular flexibility index (Phi) is 6.38. The van der Waals surface area contributed by atoms with Crippen LogP contribution in [0.25, 0.3) is 11.3 Å². The van der Waals surface area contributed by atoms with Crippen LogP contribution < -0.4 is 10.1 Å². The van der Waals surface area contributed by atoms with Gasteiger partial charge in [0.15, 0.2) is 0 Å². The van der Waals surface area contributed by atoms with Gasteiger partial charge < -0.3 is 10.1 Å². The Morgan fingerprint density at radius 3 is 2.45 bits per heavy atom. The number of hydrogen-bond acceptors (Lipinski definition) is 5. The first-order valence-corrected chi connectivity index (χ1v) is 9.42. The number of methoxy groups -OCH3 is 1. The number of ether oxygens (including phenoxy) is 1. The summed E-state index contributed by atoms with van der Waals surface area (Å²) in [5, 5.41) is 11.4. The number of hydrogen-bond donors (Lipinski definition) is 1. The van der Waals surface area contributed by atoms with E-state index in [1.807, 2.05) is 24.3 Å². The van der Waals surface area contributed by atoms with Gasteiger partial charge in [-0.05, 0) is 48.5 Å². The molecule has 5 nitrogen and oxygen atoms in total. The van der Waals surface area contributed by atoms with E-state index in [-0.39, 0.29) is 11.7 Å². The number of nitrogens with one attached hydrogen (secondary N) is 1. The lowest BCUT2D eigenvalue weighted by Gasteiger charge is -2.08. The van der Waals surface area contributed by atoms with Gasteiger partial charge in [0.1, 0.15) is 10.8 Å². The molecule has 9 heteroatoms. The van der Waals surface area contributed by atoms with E-state index in [9.17, 15) is 18.0 Å². The first-order chi connectivity index (χ1) is 13.8. The zero-order valence-electron chi connectivity index (χ0n) is 15.2. The Bertz CT molecular complexity index is 978. The van der Waals surface area contributed by atoms with Crippen LogP contribution in [0.5, 0.6) is 5.75 Å². The van der Waals surface area contributed by atoms with E-state index >= 15 is 0 Å². The van der Waals surface area contributed by atoms with Crippen molar-refractivity contribution in [2.45, 2.75) is 11.2 Å². The molecule has 0 unspecified atom stereocenters. The second-order valence-electron chi connectivity index (χ2n) is 5.90. The van der Waals surface area contributed by atoms with E-state index in [2.05, 4.69) is 15.5 Å². The molecule has 0 aliphatic heterocycles. The predicted octanol–water partition coefficient (Wildman–Crippen LogP) is 4.90. The number of benzene rings is 2. The number of anilines is 1. The maximum absolute atomic E-state index is 12.6. The summed E-state index contributed by atoms with van der Waals surface area (Å²) in [5.74, 6) is 0.407. The number of carbonyl (C=O) groups excluding carboxylic acids is 1. The average Bonchev–Trinajstić information content (AvgIpc) is 2.72. The molecule has 150 valence electrons. The molecule has 0 atom stereocenters. The van der Waals surface area contributed by atoms with Crippen molar-refractivity contribution in [3.05, 3.63) is 66.2 Å². The largest absolute Gasteiger partial charge is 0.497 e. The van der Waals surface area contributed by atoms with Gasteiger partial charge in [-0.15, -0.1) is 10.2 Å². The molecule has 1 aromatic heterocycles. The molecular weight excluding hydrogens is 403 g/mol. The van der Waals surface area contributed by atoms with Crippen molar-refractivity contribution in [2.24, 2.45) is 0 Å². The van der Waals surface area contributed by atoms with E-state index in [4.69, 9.17) is 4.74 Å². The van der Waals surface area contributed by atoms with Gasteiger partial charge in [0, 0.05) is 11.3 Å². The average molecular weight is 419 g/mol. The number of amides is 1. The Morgan fingerprint density at radius 2 is 1.83 bits per heavy atom. The molecule has 0 spiro atoms. The number of nitrogens with zero attached hydrogens (tertiary/aromatic N) is 2. The van der Waals surface area contributed by atoms with Crippen molar-refractivity contribution >= 4 is 23.4 Å². The lowest BCUT2D eigenvalue weighted by Crippen LogP contribution is -2.14. The maximum atomic E-state index is 12.6. The van der Waals surface area contributed by atoms with E-state index in [0.717, 1.165) is 17.7 Å². The van der Waals surface area contributed by atoms with Crippen LogP contribution in [0.15, 0.2) is 65.7 Å². The zero-order chi connectivity index (χ0) is 20.9. The van der Waals surface area contributed by atoms with Crippen molar-refractivity contribution in [2.75, 3.05) is 18.2 Å². The number of alkyl halides is 3. The predicted molar refractivity (Wildman–Crippen MR) is 105 cm³/mol. The van der Waals surface area contributed by atoms with Gasteiger partial charge in [-0.2, -0.15) is 13.2 Å². The third kappa shape index (κ3) is 5.71. The topological polar surface area (TPSA) is 64.1 Å². The van der Waals surface area contributed by atoms with Gasteiger partial charge in [0.05, 0.1) is 24.1 Å². The number of aromatic nitrogens is 2. The lowest BCUT2D eigenvalue weighted by molar-refractivity contribution is -0.137. The van der Waals surface area contributed by atoms with Crippen LogP contribution in [-0.4, -0.2) is 29.0 Å². The summed E-state index contributed by atoms with van der Waals surface area (Å²) in [6, 6.07) is 15.2. The summed E-state index contributed by atoms with van der Waals surface area (Å²) in [7, 11) is 1.58. The van der Waals surface area contributed by atoms with Crippen molar-refractivity contribution in [3.8, 4) is 17.0 Å². The molecule has 1 amide bonds. The highest BCUT2D eigenvalue weighted by Gasteiger charge is 2.29. The van der Waals surface area contributed by atoms with Crippen molar-refractivity contribution in [1.29, 1.82) is 0 Å².